The van der Waals surface area contributed by atoms with E-state index in [2.05, 4.69) is 22.3 Å². The number of H-pyrrole nitrogens is 1. The Kier molecular flexibility index (Phi) is 3.50. The number of carboxylic acid groups (broad SMARTS) is 1. The van der Waals surface area contributed by atoms with Crippen molar-refractivity contribution in [2.75, 3.05) is 6.61 Å². The molecule has 2 aliphatic carbocycles. The van der Waals surface area contributed by atoms with Crippen LogP contribution in [0.15, 0.2) is 33.6 Å². The first-order valence-electron chi connectivity index (χ1n) is 10.5. The summed E-state index contributed by atoms with van der Waals surface area (Å²) in [6, 6.07) is 7.98. The Bertz CT molecular complexity index is 1230. The van der Waals surface area contributed by atoms with Gasteiger partial charge in [-0.15, -0.1) is 0 Å². The van der Waals surface area contributed by atoms with Crippen molar-refractivity contribution in [3.63, 3.8) is 0 Å². The molecular weight excluding hydrogens is 386 g/mol. The molecule has 1 aliphatic heterocycles. The maximum Gasteiger partial charge on any atom is 0.438 e. The van der Waals surface area contributed by atoms with Crippen LogP contribution in [0.2, 0.25) is 0 Å². The highest BCUT2D eigenvalue weighted by Gasteiger charge is 2.59. The van der Waals surface area contributed by atoms with E-state index in [1.54, 1.807) is 6.07 Å². The van der Waals surface area contributed by atoms with Gasteiger partial charge < -0.3 is 14.4 Å². The number of hydrogen-bond donors (Lipinski definition) is 2. The van der Waals surface area contributed by atoms with Crippen molar-refractivity contribution in [1.29, 1.82) is 0 Å². The Morgan fingerprint density at radius 3 is 2.73 bits per heavy atom. The van der Waals surface area contributed by atoms with Crippen LogP contribution in [0.1, 0.15) is 66.8 Å². The number of carboxylic acids is 1. The lowest BCUT2D eigenvalue weighted by atomic mass is 9.87. The summed E-state index contributed by atoms with van der Waals surface area (Å²) in [4.78, 5) is 26.4. The van der Waals surface area contributed by atoms with Gasteiger partial charge in [-0.05, 0) is 67.7 Å². The third kappa shape index (κ3) is 2.46. The van der Waals surface area contributed by atoms with Crippen molar-refractivity contribution < 1.29 is 19.2 Å². The number of ether oxygens (including phenoxy) is 1. The lowest BCUT2D eigenvalue weighted by Crippen LogP contribution is -2.27. The summed E-state index contributed by atoms with van der Waals surface area (Å²) in [5.41, 5.74) is 1.64. The smallest absolute Gasteiger partial charge is 0.438 e. The topological polar surface area (TPSA) is 110 Å². The molecule has 8 heteroatoms. The Hall–Kier alpha value is -2.87. The number of benzene rings is 1. The number of hydrogen-bond acceptors (Lipinski definition) is 5. The van der Waals surface area contributed by atoms with Gasteiger partial charge in [-0.1, -0.05) is 18.1 Å². The molecule has 0 amide bonds. The van der Waals surface area contributed by atoms with Gasteiger partial charge in [0.05, 0.1) is 5.60 Å². The third-order valence-electron chi connectivity index (χ3n) is 7.34. The molecule has 1 aromatic carbocycles. The molecule has 3 fully saturated rings. The summed E-state index contributed by atoms with van der Waals surface area (Å²) in [5, 5.41) is 14.7. The number of aromatic carboxylic acids is 1. The molecule has 3 aliphatic rings. The largest absolute Gasteiger partial charge is 0.477 e. The summed E-state index contributed by atoms with van der Waals surface area (Å²) in [6.07, 6.45) is 4.99. The van der Waals surface area contributed by atoms with E-state index < -0.39 is 17.3 Å². The van der Waals surface area contributed by atoms with Gasteiger partial charge in [0.1, 0.15) is 11.2 Å². The second-order valence-corrected chi connectivity index (χ2v) is 9.18. The normalized spacial score (nSPS) is 29.4. The predicted molar refractivity (Wildman–Crippen MR) is 107 cm³/mol. The van der Waals surface area contributed by atoms with Crippen LogP contribution in [0.4, 0.5) is 0 Å². The molecule has 30 heavy (non-hydrogen) atoms. The highest BCUT2D eigenvalue weighted by atomic mass is 16.5. The lowest BCUT2D eigenvalue weighted by Gasteiger charge is -2.30. The molecule has 1 saturated heterocycles. The molecule has 6 rings (SSSR count). The Morgan fingerprint density at radius 1 is 1.30 bits per heavy atom. The zero-order valence-electron chi connectivity index (χ0n) is 16.7. The van der Waals surface area contributed by atoms with E-state index in [1.807, 2.05) is 17.6 Å². The second kappa shape index (κ2) is 5.85. The van der Waals surface area contributed by atoms with E-state index in [4.69, 9.17) is 9.26 Å². The molecule has 2 saturated carbocycles. The van der Waals surface area contributed by atoms with Gasteiger partial charge >= 0.3 is 11.7 Å². The zero-order chi connectivity index (χ0) is 20.7. The van der Waals surface area contributed by atoms with E-state index in [-0.39, 0.29) is 17.2 Å². The van der Waals surface area contributed by atoms with Gasteiger partial charge in [0, 0.05) is 17.5 Å². The molecule has 1 spiro atoms. The number of carbonyl (C=O) groups is 1. The average Bonchev–Trinajstić information content (AvgIpc) is 3.49. The monoisotopic (exact) mass is 409 g/mol. The molecule has 3 atom stereocenters. The number of nitrogens with zero attached hydrogens (tertiary/aromatic N) is 2. The van der Waals surface area contributed by atoms with Crippen LogP contribution in [0.25, 0.3) is 10.9 Å². The highest BCUT2D eigenvalue weighted by molar-refractivity contribution is 5.95. The summed E-state index contributed by atoms with van der Waals surface area (Å²) in [5.74, 6) is -0.698. The standard InChI is InChI=1S/C22H23N3O5/c1-12-10-22(12,19-23-20(28)30-24-19)25-16-3-2-13(8-15(16)9-17(25)18(26)27)14-4-7-29-21(11-14)5-6-21/h2-3,8-9,12,14H,4-7,10-11H2,1H3,(H,26,27)(H,23,24,28)/t12-,14?,22+/m0/s1. The van der Waals surface area contributed by atoms with Crippen LogP contribution >= 0.6 is 0 Å². The Labute approximate surface area is 171 Å². The fourth-order valence-electron chi connectivity index (χ4n) is 5.45. The van der Waals surface area contributed by atoms with Crippen LogP contribution in [0.5, 0.6) is 0 Å². The maximum absolute atomic E-state index is 12.1. The second-order valence-electron chi connectivity index (χ2n) is 9.18. The van der Waals surface area contributed by atoms with E-state index in [0.29, 0.717) is 18.2 Å². The molecule has 8 nitrogen and oxygen atoms in total. The Morgan fingerprint density at radius 2 is 2.10 bits per heavy atom. The average molecular weight is 409 g/mol. The van der Waals surface area contributed by atoms with E-state index in [9.17, 15) is 14.7 Å². The minimum Gasteiger partial charge on any atom is -0.477 e. The van der Waals surface area contributed by atoms with Crippen molar-refractivity contribution in [2.45, 2.75) is 56.1 Å². The lowest BCUT2D eigenvalue weighted by molar-refractivity contribution is -0.0132. The van der Waals surface area contributed by atoms with Gasteiger partial charge in [-0.25, -0.2) is 9.59 Å². The minimum absolute atomic E-state index is 0.0857. The molecule has 0 bridgehead atoms. The number of rotatable bonds is 4. The van der Waals surface area contributed by atoms with Crippen molar-refractivity contribution in [1.82, 2.24) is 14.7 Å². The number of aromatic amines is 1. The van der Waals surface area contributed by atoms with E-state index in [1.165, 1.54) is 5.56 Å². The number of fused-ring (bicyclic) bond motifs is 1. The highest BCUT2D eigenvalue weighted by Crippen LogP contribution is 2.56. The molecule has 0 radical (unpaired) electrons. The van der Waals surface area contributed by atoms with Gasteiger partial charge in [-0.2, -0.15) is 0 Å². The SMILES string of the molecule is C[C@H]1C[C@@]1(c1noc(=O)[nH]1)n1c(C(=O)O)cc2cc(C3CCOC4(CC4)C3)ccc21. The molecule has 2 N–H and O–H groups in total. The third-order valence-corrected chi connectivity index (χ3v) is 7.34. The van der Waals surface area contributed by atoms with Crippen LogP contribution < -0.4 is 5.76 Å². The first-order valence-corrected chi connectivity index (χ1v) is 10.5. The Balaban J connectivity index is 1.48. The fourth-order valence-corrected chi connectivity index (χ4v) is 5.45. The van der Waals surface area contributed by atoms with Crippen molar-refractivity contribution in [2.24, 2.45) is 5.92 Å². The van der Waals surface area contributed by atoms with Crippen LogP contribution in [-0.4, -0.2) is 38.0 Å². The molecule has 156 valence electrons. The first kappa shape index (κ1) is 17.9. The van der Waals surface area contributed by atoms with E-state index >= 15 is 0 Å². The van der Waals surface area contributed by atoms with Crippen molar-refractivity contribution in [3.8, 4) is 0 Å². The molecular formula is C22H23N3O5. The summed E-state index contributed by atoms with van der Waals surface area (Å²) >= 11 is 0. The van der Waals surface area contributed by atoms with Gasteiger partial charge in [0.15, 0.2) is 5.82 Å². The van der Waals surface area contributed by atoms with Crippen LogP contribution in [0.3, 0.4) is 0 Å². The van der Waals surface area contributed by atoms with Crippen LogP contribution in [0, 0.1) is 5.92 Å². The zero-order valence-corrected chi connectivity index (χ0v) is 16.7. The first-order chi connectivity index (χ1) is 14.4. The minimum atomic E-state index is -1.000. The molecule has 1 unspecified atom stereocenters. The summed E-state index contributed by atoms with van der Waals surface area (Å²) < 4.78 is 12.5. The number of nitrogens with one attached hydrogen (secondary N) is 1. The summed E-state index contributed by atoms with van der Waals surface area (Å²) in [7, 11) is 0. The van der Waals surface area contributed by atoms with Gasteiger partial charge in [0.2, 0.25) is 0 Å². The van der Waals surface area contributed by atoms with Crippen LogP contribution in [-0.2, 0) is 10.3 Å². The molecule has 2 aromatic heterocycles. The van der Waals surface area contributed by atoms with Gasteiger partial charge in [-0.3, -0.25) is 9.51 Å². The summed E-state index contributed by atoms with van der Waals surface area (Å²) in [6.45, 7) is 2.81. The molecule has 3 heterocycles. The van der Waals surface area contributed by atoms with Gasteiger partial charge in [0.25, 0.3) is 0 Å². The fraction of sp³-hybridized carbons (Fsp3) is 0.500. The number of aromatic nitrogens is 3. The predicted octanol–water partition coefficient (Wildman–Crippen LogP) is 3.23. The maximum atomic E-state index is 12.1. The van der Waals surface area contributed by atoms with E-state index in [0.717, 1.165) is 43.2 Å². The van der Waals surface area contributed by atoms with Crippen molar-refractivity contribution >= 4 is 16.9 Å². The quantitative estimate of drug-likeness (QED) is 0.685. The van der Waals surface area contributed by atoms with Crippen molar-refractivity contribution in [3.05, 3.63) is 51.9 Å². The molecule has 3 aromatic rings.